The molecular weight excluding hydrogens is 320 g/mol. The molecule has 1 aliphatic carbocycles. The van der Waals surface area contributed by atoms with E-state index in [1.54, 1.807) is 0 Å². The Kier molecular flexibility index (Phi) is 5.83. The van der Waals surface area contributed by atoms with E-state index < -0.39 is 0 Å². The van der Waals surface area contributed by atoms with Gasteiger partial charge in [0.1, 0.15) is 0 Å². The lowest BCUT2D eigenvalue weighted by Gasteiger charge is -2.28. The highest BCUT2D eigenvalue weighted by atomic mass is 35.5. The Labute approximate surface area is 151 Å². The maximum atomic E-state index is 12.9. The summed E-state index contributed by atoms with van der Waals surface area (Å²) in [5, 5.41) is 3.51. The van der Waals surface area contributed by atoms with E-state index in [1.165, 1.54) is 43.2 Å². The summed E-state index contributed by atoms with van der Waals surface area (Å²) < 4.78 is 0. The third-order valence-corrected chi connectivity index (χ3v) is 6.29. The number of nitrogens with one attached hydrogen (secondary N) is 1. The van der Waals surface area contributed by atoms with E-state index in [0.29, 0.717) is 18.2 Å². The fourth-order valence-corrected chi connectivity index (χ4v) is 4.87. The zero-order valence-electron chi connectivity index (χ0n) is 14.4. The second kappa shape index (κ2) is 7.88. The molecule has 2 saturated heterocycles. The standard InChI is InChI=1S/C20H28N2O.ClH/c23-20(22-10-8-17-13-21-14-18(17)9-11-22)12-16-6-3-5-15-4-1-2-7-19(15)16;/h1-2,4,7,16-18,21H,3,5-6,8-14H2;1H/t16?,17-,18+;. The molecule has 2 heterocycles. The molecule has 1 unspecified atom stereocenters. The number of aryl methyl sites for hydroxylation is 1. The van der Waals surface area contributed by atoms with E-state index in [0.717, 1.165) is 38.0 Å². The molecule has 0 saturated carbocycles. The molecule has 132 valence electrons. The molecule has 0 spiro atoms. The first kappa shape index (κ1) is 17.8. The van der Waals surface area contributed by atoms with Gasteiger partial charge in [0.25, 0.3) is 0 Å². The van der Waals surface area contributed by atoms with Crippen molar-refractivity contribution in [2.24, 2.45) is 11.8 Å². The molecule has 3 aliphatic rings. The second-order valence-electron chi connectivity index (χ2n) is 7.63. The minimum Gasteiger partial charge on any atom is -0.343 e. The fraction of sp³-hybridized carbons (Fsp3) is 0.650. The van der Waals surface area contributed by atoms with Crippen LogP contribution in [-0.4, -0.2) is 37.0 Å². The predicted molar refractivity (Wildman–Crippen MR) is 99.6 cm³/mol. The van der Waals surface area contributed by atoms with Crippen molar-refractivity contribution in [3.63, 3.8) is 0 Å². The molecule has 2 aliphatic heterocycles. The monoisotopic (exact) mass is 348 g/mol. The zero-order valence-corrected chi connectivity index (χ0v) is 15.2. The Balaban J connectivity index is 0.00000169. The average molecular weight is 349 g/mol. The van der Waals surface area contributed by atoms with Crippen molar-refractivity contribution >= 4 is 18.3 Å². The molecule has 4 rings (SSSR count). The lowest BCUT2D eigenvalue weighted by Crippen LogP contribution is -2.34. The van der Waals surface area contributed by atoms with Crippen LogP contribution in [0.3, 0.4) is 0 Å². The molecular formula is C20H29ClN2O. The van der Waals surface area contributed by atoms with Crippen molar-refractivity contribution in [1.29, 1.82) is 0 Å². The van der Waals surface area contributed by atoms with E-state index >= 15 is 0 Å². The van der Waals surface area contributed by atoms with Crippen LogP contribution < -0.4 is 5.32 Å². The summed E-state index contributed by atoms with van der Waals surface area (Å²) in [5.41, 5.74) is 2.90. The molecule has 0 bridgehead atoms. The van der Waals surface area contributed by atoms with Gasteiger partial charge in [-0.2, -0.15) is 0 Å². The van der Waals surface area contributed by atoms with Crippen LogP contribution in [0.2, 0.25) is 0 Å². The molecule has 24 heavy (non-hydrogen) atoms. The zero-order chi connectivity index (χ0) is 15.6. The topological polar surface area (TPSA) is 32.3 Å². The molecule has 3 nitrogen and oxygen atoms in total. The van der Waals surface area contributed by atoms with Crippen molar-refractivity contribution in [1.82, 2.24) is 10.2 Å². The average Bonchev–Trinajstić information content (AvgIpc) is 2.93. The number of hydrogen-bond donors (Lipinski definition) is 1. The maximum Gasteiger partial charge on any atom is 0.223 e. The molecule has 0 radical (unpaired) electrons. The number of halogens is 1. The minimum absolute atomic E-state index is 0. The van der Waals surface area contributed by atoms with E-state index in [4.69, 9.17) is 0 Å². The third-order valence-electron chi connectivity index (χ3n) is 6.29. The van der Waals surface area contributed by atoms with Gasteiger partial charge in [-0.05, 0) is 74.1 Å². The molecule has 4 heteroatoms. The second-order valence-corrected chi connectivity index (χ2v) is 7.63. The summed E-state index contributed by atoms with van der Waals surface area (Å²) in [6, 6.07) is 8.74. The molecule has 3 atom stereocenters. The van der Waals surface area contributed by atoms with Gasteiger partial charge in [0.15, 0.2) is 0 Å². The number of benzene rings is 1. The number of rotatable bonds is 2. The normalized spacial score (nSPS) is 29.2. The van der Waals surface area contributed by atoms with Crippen LogP contribution in [0.1, 0.15) is 49.1 Å². The Morgan fingerprint density at radius 2 is 1.79 bits per heavy atom. The number of carbonyl (C=O) groups excluding carboxylic acids is 1. The SMILES string of the molecule is Cl.O=C(CC1CCCc2ccccc21)N1CC[C@@H]2CNC[C@@H]2CC1. The third kappa shape index (κ3) is 3.62. The Hall–Kier alpha value is -1.06. The molecule has 1 amide bonds. The van der Waals surface area contributed by atoms with Gasteiger partial charge >= 0.3 is 0 Å². The summed E-state index contributed by atoms with van der Waals surface area (Å²) >= 11 is 0. The van der Waals surface area contributed by atoms with Crippen LogP contribution >= 0.6 is 12.4 Å². The van der Waals surface area contributed by atoms with Crippen LogP contribution in [0, 0.1) is 11.8 Å². The lowest BCUT2D eigenvalue weighted by molar-refractivity contribution is -0.131. The predicted octanol–water partition coefficient (Wildman–Crippen LogP) is 3.38. The van der Waals surface area contributed by atoms with E-state index in [9.17, 15) is 4.79 Å². The van der Waals surface area contributed by atoms with E-state index in [1.807, 2.05) is 0 Å². The first-order valence-corrected chi connectivity index (χ1v) is 9.37. The van der Waals surface area contributed by atoms with Crippen LogP contribution in [-0.2, 0) is 11.2 Å². The van der Waals surface area contributed by atoms with Gasteiger partial charge < -0.3 is 10.2 Å². The quantitative estimate of drug-likeness (QED) is 0.888. The molecule has 1 aromatic carbocycles. The van der Waals surface area contributed by atoms with Gasteiger partial charge in [-0.25, -0.2) is 0 Å². The molecule has 2 fully saturated rings. The Morgan fingerprint density at radius 3 is 2.54 bits per heavy atom. The number of carbonyl (C=O) groups is 1. The van der Waals surface area contributed by atoms with Crippen LogP contribution in [0.15, 0.2) is 24.3 Å². The number of likely N-dealkylation sites (tertiary alicyclic amines) is 1. The summed E-state index contributed by atoms with van der Waals surface area (Å²) in [4.78, 5) is 15.0. The lowest BCUT2D eigenvalue weighted by atomic mass is 9.81. The highest BCUT2D eigenvalue weighted by Gasteiger charge is 2.32. The number of fused-ring (bicyclic) bond motifs is 2. The Bertz CT molecular complexity index is 563. The molecule has 1 N–H and O–H groups in total. The van der Waals surface area contributed by atoms with Crippen molar-refractivity contribution in [3.8, 4) is 0 Å². The highest BCUT2D eigenvalue weighted by molar-refractivity contribution is 5.85. The van der Waals surface area contributed by atoms with Gasteiger partial charge in [-0.3, -0.25) is 4.79 Å². The van der Waals surface area contributed by atoms with Crippen molar-refractivity contribution in [2.45, 2.75) is 44.4 Å². The van der Waals surface area contributed by atoms with Gasteiger partial charge in [0.2, 0.25) is 5.91 Å². The van der Waals surface area contributed by atoms with Crippen LogP contribution in [0.5, 0.6) is 0 Å². The van der Waals surface area contributed by atoms with Crippen LogP contribution in [0.25, 0.3) is 0 Å². The number of amides is 1. The smallest absolute Gasteiger partial charge is 0.223 e. The van der Waals surface area contributed by atoms with Crippen molar-refractivity contribution < 1.29 is 4.79 Å². The van der Waals surface area contributed by atoms with Crippen LogP contribution in [0.4, 0.5) is 0 Å². The first-order valence-electron chi connectivity index (χ1n) is 9.37. The fourth-order valence-electron chi connectivity index (χ4n) is 4.87. The van der Waals surface area contributed by atoms with Gasteiger partial charge in [0.05, 0.1) is 0 Å². The molecule has 1 aromatic rings. The highest BCUT2D eigenvalue weighted by Crippen LogP contribution is 2.35. The van der Waals surface area contributed by atoms with E-state index in [-0.39, 0.29) is 12.4 Å². The first-order chi connectivity index (χ1) is 11.3. The van der Waals surface area contributed by atoms with Gasteiger partial charge in [-0.15, -0.1) is 12.4 Å². The van der Waals surface area contributed by atoms with Gasteiger partial charge in [0, 0.05) is 19.5 Å². The van der Waals surface area contributed by atoms with Gasteiger partial charge in [-0.1, -0.05) is 24.3 Å². The molecule has 0 aromatic heterocycles. The summed E-state index contributed by atoms with van der Waals surface area (Å²) in [7, 11) is 0. The van der Waals surface area contributed by atoms with Crippen molar-refractivity contribution in [2.75, 3.05) is 26.2 Å². The summed E-state index contributed by atoms with van der Waals surface area (Å²) in [5.74, 6) is 2.42. The Morgan fingerprint density at radius 1 is 1.08 bits per heavy atom. The minimum atomic E-state index is 0. The van der Waals surface area contributed by atoms with Crippen molar-refractivity contribution in [3.05, 3.63) is 35.4 Å². The maximum absolute atomic E-state index is 12.9. The van der Waals surface area contributed by atoms with E-state index in [2.05, 4.69) is 34.5 Å². The summed E-state index contributed by atoms with van der Waals surface area (Å²) in [6.45, 7) is 4.25. The number of hydrogen-bond acceptors (Lipinski definition) is 2. The number of nitrogens with zero attached hydrogens (tertiary/aromatic N) is 1. The summed E-state index contributed by atoms with van der Waals surface area (Å²) in [6.07, 6.45) is 6.66. The largest absolute Gasteiger partial charge is 0.343 e.